The first-order chi connectivity index (χ1) is 15.7. The van der Waals surface area contributed by atoms with Gasteiger partial charge in [-0.2, -0.15) is 0 Å². The zero-order chi connectivity index (χ0) is 23.9. The number of carboxylic acid groups (broad SMARTS) is 1. The molecule has 5 nitrogen and oxygen atoms in total. The molecule has 1 aliphatic heterocycles. The average molecular weight is 448 g/mol. The number of carbonyl (C=O) groups is 2. The van der Waals surface area contributed by atoms with Crippen molar-refractivity contribution in [2.45, 2.75) is 40.3 Å². The number of hydrogen-bond acceptors (Lipinski definition) is 3. The highest BCUT2D eigenvalue weighted by Gasteiger charge is 2.31. The highest BCUT2D eigenvalue weighted by molar-refractivity contribution is 5.95. The number of nitrogens with zero attached hydrogens (tertiary/aromatic N) is 1. The molecule has 0 fully saturated rings. The summed E-state index contributed by atoms with van der Waals surface area (Å²) in [5.74, 6) is -0.869. The minimum atomic E-state index is -0.907. The van der Waals surface area contributed by atoms with Crippen LogP contribution in [0.4, 0.5) is 4.39 Å². The van der Waals surface area contributed by atoms with Crippen LogP contribution in [-0.4, -0.2) is 29.0 Å². The molecule has 1 amide bonds. The molecule has 33 heavy (non-hydrogen) atoms. The Morgan fingerprint density at radius 1 is 1.03 bits per heavy atom. The molecule has 0 saturated carbocycles. The van der Waals surface area contributed by atoms with Gasteiger partial charge in [-0.3, -0.25) is 9.59 Å². The van der Waals surface area contributed by atoms with Gasteiger partial charge in [0.15, 0.2) is 0 Å². The maximum Gasteiger partial charge on any atom is 0.307 e. The number of carbonyl (C=O) groups excluding carboxylic acids is 1. The van der Waals surface area contributed by atoms with Crippen LogP contribution in [0.2, 0.25) is 0 Å². The van der Waals surface area contributed by atoms with Crippen molar-refractivity contribution >= 4 is 11.9 Å². The number of methoxy groups -OCH3 is 1. The molecule has 1 N–H and O–H groups in total. The third-order valence-corrected chi connectivity index (χ3v) is 6.49. The quantitative estimate of drug-likeness (QED) is 0.583. The van der Waals surface area contributed by atoms with Gasteiger partial charge in [-0.15, -0.1) is 0 Å². The number of hydrogen-bond donors (Lipinski definition) is 1. The van der Waals surface area contributed by atoms with Gasteiger partial charge in [0.2, 0.25) is 0 Å². The summed E-state index contributed by atoms with van der Waals surface area (Å²) in [6, 6.07) is 11.4. The van der Waals surface area contributed by atoms with Crippen molar-refractivity contribution in [1.82, 2.24) is 4.90 Å². The van der Waals surface area contributed by atoms with E-state index in [4.69, 9.17) is 4.74 Å². The summed E-state index contributed by atoms with van der Waals surface area (Å²) in [6.45, 7) is 6.65. The molecule has 0 aromatic heterocycles. The number of aliphatic carboxylic acids is 1. The molecule has 1 aliphatic rings. The lowest BCUT2D eigenvalue weighted by Crippen LogP contribution is -2.25. The number of carboxylic acids is 1. The van der Waals surface area contributed by atoms with Crippen molar-refractivity contribution in [2.24, 2.45) is 0 Å². The lowest BCUT2D eigenvalue weighted by atomic mass is 9.83. The van der Waals surface area contributed by atoms with Crippen LogP contribution in [0.25, 0.3) is 11.1 Å². The summed E-state index contributed by atoms with van der Waals surface area (Å²) in [5, 5.41) is 9.65. The Balaban J connectivity index is 1.84. The van der Waals surface area contributed by atoms with E-state index in [1.807, 2.05) is 39.0 Å². The number of benzene rings is 3. The van der Waals surface area contributed by atoms with Gasteiger partial charge in [0, 0.05) is 18.7 Å². The Hall–Kier alpha value is -3.67. The van der Waals surface area contributed by atoms with Crippen LogP contribution in [0.5, 0.6) is 5.75 Å². The van der Waals surface area contributed by atoms with Crippen molar-refractivity contribution in [3.63, 3.8) is 0 Å². The van der Waals surface area contributed by atoms with Gasteiger partial charge in [-0.05, 0) is 95.6 Å². The first kappa shape index (κ1) is 22.5. The SMILES string of the molecule is COc1ccc(-c2c(C)c3c(c(C)c2CC(=O)O)CN(C(=O)c2cccc(F)c2)C3)c(C)c1. The predicted octanol–water partition coefficient (Wildman–Crippen LogP) is 5.21. The molecule has 0 atom stereocenters. The van der Waals surface area contributed by atoms with Crippen LogP contribution in [-0.2, 0) is 24.3 Å². The molecule has 0 spiro atoms. The molecular formula is C27H26FNO4. The van der Waals surface area contributed by atoms with Crippen LogP contribution in [0.15, 0.2) is 42.5 Å². The molecule has 0 radical (unpaired) electrons. The molecule has 6 heteroatoms. The normalized spacial score (nSPS) is 12.6. The van der Waals surface area contributed by atoms with E-state index in [-0.39, 0.29) is 12.3 Å². The van der Waals surface area contributed by atoms with Gasteiger partial charge in [0.25, 0.3) is 5.91 Å². The third kappa shape index (κ3) is 4.09. The van der Waals surface area contributed by atoms with Crippen molar-refractivity contribution in [3.8, 4) is 16.9 Å². The predicted molar refractivity (Wildman–Crippen MR) is 124 cm³/mol. The molecular weight excluding hydrogens is 421 g/mol. The van der Waals surface area contributed by atoms with E-state index in [0.29, 0.717) is 18.7 Å². The summed E-state index contributed by atoms with van der Waals surface area (Å²) < 4.78 is 19.0. The first-order valence-electron chi connectivity index (χ1n) is 10.8. The molecule has 4 rings (SSSR count). The van der Waals surface area contributed by atoms with Gasteiger partial charge in [0.1, 0.15) is 11.6 Å². The van der Waals surface area contributed by atoms with Crippen LogP contribution < -0.4 is 4.74 Å². The standard InChI is InChI=1S/C27H26FNO4/c1-15-10-20(33-4)8-9-21(15)26-17(3)24-14-29(27(32)18-6-5-7-19(28)11-18)13-23(24)16(2)22(26)12-25(30)31/h5-11H,12-14H2,1-4H3,(H,30,31). The van der Waals surface area contributed by atoms with Crippen LogP contribution in [0.1, 0.15) is 43.7 Å². The van der Waals surface area contributed by atoms with E-state index in [1.165, 1.54) is 18.2 Å². The smallest absolute Gasteiger partial charge is 0.307 e. The lowest BCUT2D eigenvalue weighted by molar-refractivity contribution is -0.136. The summed E-state index contributed by atoms with van der Waals surface area (Å²) in [7, 11) is 1.61. The summed E-state index contributed by atoms with van der Waals surface area (Å²) in [6.07, 6.45) is -0.113. The number of fused-ring (bicyclic) bond motifs is 1. The second-order valence-corrected chi connectivity index (χ2v) is 8.48. The van der Waals surface area contributed by atoms with Crippen molar-refractivity contribution < 1.29 is 23.8 Å². The summed E-state index contributed by atoms with van der Waals surface area (Å²) >= 11 is 0. The Bertz CT molecular complexity index is 1280. The molecule has 0 saturated heterocycles. The Labute approximate surface area is 192 Å². The minimum Gasteiger partial charge on any atom is -0.497 e. The highest BCUT2D eigenvalue weighted by atomic mass is 19.1. The second-order valence-electron chi connectivity index (χ2n) is 8.48. The van der Waals surface area contributed by atoms with Gasteiger partial charge in [-0.25, -0.2) is 4.39 Å². The Kier molecular flexibility index (Phi) is 5.93. The Morgan fingerprint density at radius 3 is 2.33 bits per heavy atom. The molecule has 170 valence electrons. The largest absolute Gasteiger partial charge is 0.497 e. The number of ether oxygens (including phenoxy) is 1. The fourth-order valence-electron chi connectivity index (χ4n) is 4.79. The number of amides is 1. The van der Waals surface area contributed by atoms with Crippen molar-refractivity contribution in [2.75, 3.05) is 7.11 Å². The monoisotopic (exact) mass is 447 g/mol. The van der Waals surface area contributed by atoms with E-state index >= 15 is 0 Å². The molecule has 3 aromatic carbocycles. The fraction of sp³-hybridized carbons (Fsp3) is 0.259. The highest BCUT2D eigenvalue weighted by Crippen LogP contribution is 2.41. The van der Waals surface area contributed by atoms with E-state index < -0.39 is 11.8 Å². The average Bonchev–Trinajstić information content (AvgIpc) is 3.23. The second kappa shape index (κ2) is 8.70. The third-order valence-electron chi connectivity index (χ3n) is 6.49. The lowest BCUT2D eigenvalue weighted by Gasteiger charge is -2.21. The number of rotatable bonds is 5. The molecule has 0 bridgehead atoms. The maximum atomic E-state index is 13.7. The van der Waals surface area contributed by atoms with Gasteiger partial charge in [0.05, 0.1) is 13.5 Å². The molecule has 0 unspecified atom stereocenters. The van der Waals surface area contributed by atoms with Crippen LogP contribution >= 0.6 is 0 Å². The van der Waals surface area contributed by atoms with Crippen LogP contribution in [0.3, 0.4) is 0 Å². The van der Waals surface area contributed by atoms with E-state index in [0.717, 1.165) is 50.3 Å². The van der Waals surface area contributed by atoms with E-state index in [1.54, 1.807) is 18.1 Å². The van der Waals surface area contributed by atoms with Crippen molar-refractivity contribution in [1.29, 1.82) is 0 Å². The van der Waals surface area contributed by atoms with E-state index in [9.17, 15) is 19.1 Å². The van der Waals surface area contributed by atoms with Gasteiger partial charge in [-0.1, -0.05) is 12.1 Å². The maximum absolute atomic E-state index is 13.7. The zero-order valence-corrected chi connectivity index (χ0v) is 19.2. The van der Waals surface area contributed by atoms with Crippen molar-refractivity contribution in [3.05, 3.63) is 87.2 Å². The molecule has 1 heterocycles. The number of aryl methyl sites for hydroxylation is 1. The Morgan fingerprint density at radius 2 is 1.73 bits per heavy atom. The zero-order valence-electron chi connectivity index (χ0n) is 19.2. The van der Waals surface area contributed by atoms with Gasteiger partial charge < -0.3 is 14.7 Å². The summed E-state index contributed by atoms with van der Waals surface area (Å²) in [5.41, 5.74) is 7.74. The topological polar surface area (TPSA) is 66.8 Å². The van der Waals surface area contributed by atoms with E-state index in [2.05, 4.69) is 0 Å². The molecule has 0 aliphatic carbocycles. The molecule has 3 aromatic rings. The first-order valence-corrected chi connectivity index (χ1v) is 10.8. The van der Waals surface area contributed by atoms with Crippen LogP contribution in [0, 0.1) is 26.6 Å². The summed E-state index contributed by atoms with van der Waals surface area (Å²) in [4.78, 5) is 26.5. The minimum absolute atomic E-state index is 0.113. The number of halogens is 1. The fourth-order valence-corrected chi connectivity index (χ4v) is 4.79. The van der Waals surface area contributed by atoms with Gasteiger partial charge >= 0.3 is 5.97 Å².